The second-order valence-corrected chi connectivity index (χ2v) is 6.89. The van der Waals surface area contributed by atoms with Gasteiger partial charge in [-0.25, -0.2) is 4.79 Å². The van der Waals surface area contributed by atoms with Crippen molar-refractivity contribution in [2.45, 2.75) is 31.9 Å². The van der Waals surface area contributed by atoms with Gasteiger partial charge in [0.1, 0.15) is 11.4 Å². The summed E-state index contributed by atoms with van der Waals surface area (Å²) >= 11 is 0. The van der Waals surface area contributed by atoms with Crippen molar-refractivity contribution in [3.63, 3.8) is 0 Å². The molecule has 1 aromatic heterocycles. The van der Waals surface area contributed by atoms with Crippen LogP contribution in [0, 0.1) is 0 Å². The van der Waals surface area contributed by atoms with Crippen molar-refractivity contribution in [3.8, 4) is 5.75 Å². The van der Waals surface area contributed by atoms with E-state index in [9.17, 15) is 4.79 Å². The Hall–Kier alpha value is -3.02. The predicted molar refractivity (Wildman–Crippen MR) is 96.8 cm³/mol. The number of aromatic nitrogens is 2. The molecule has 1 atom stereocenters. The average Bonchev–Trinajstić information content (AvgIpc) is 3.03. The Balaban J connectivity index is 1.56. The van der Waals surface area contributed by atoms with Crippen LogP contribution in [0.2, 0.25) is 0 Å². The van der Waals surface area contributed by atoms with Crippen LogP contribution in [0.25, 0.3) is 10.9 Å². The normalized spacial score (nSPS) is 18.2. The van der Waals surface area contributed by atoms with Gasteiger partial charge in [0.15, 0.2) is 0 Å². The van der Waals surface area contributed by atoms with Crippen molar-refractivity contribution in [3.05, 3.63) is 54.2 Å². The maximum Gasteiger partial charge on any atom is 0.319 e. The summed E-state index contributed by atoms with van der Waals surface area (Å²) < 4.78 is 6.01. The number of H-pyrrole nitrogens is 1. The van der Waals surface area contributed by atoms with Gasteiger partial charge in [-0.3, -0.25) is 5.10 Å². The van der Waals surface area contributed by atoms with Gasteiger partial charge in [-0.2, -0.15) is 5.10 Å². The van der Waals surface area contributed by atoms with Crippen molar-refractivity contribution in [2.75, 3.05) is 5.32 Å². The van der Waals surface area contributed by atoms with Crippen LogP contribution in [-0.4, -0.2) is 21.8 Å². The molecule has 1 unspecified atom stereocenters. The molecule has 2 heterocycles. The first-order valence-corrected chi connectivity index (χ1v) is 8.29. The number of aromatic amines is 1. The lowest BCUT2D eigenvalue weighted by atomic mass is 9.90. The number of carbonyl (C=O) groups is 1. The Morgan fingerprint density at radius 3 is 2.96 bits per heavy atom. The first kappa shape index (κ1) is 15.5. The van der Waals surface area contributed by atoms with Gasteiger partial charge in [-0.1, -0.05) is 24.3 Å². The van der Waals surface area contributed by atoms with E-state index in [0.29, 0.717) is 6.42 Å². The Bertz CT molecular complexity index is 932. The molecule has 6 nitrogen and oxygen atoms in total. The number of nitrogens with zero attached hydrogens (tertiary/aromatic N) is 1. The third-order valence-electron chi connectivity index (χ3n) is 4.41. The Kier molecular flexibility index (Phi) is 3.60. The third kappa shape index (κ3) is 3.03. The molecule has 128 valence electrons. The summed E-state index contributed by atoms with van der Waals surface area (Å²) in [5, 5.41) is 13.8. The number of urea groups is 1. The molecule has 4 rings (SSSR count). The molecule has 0 saturated heterocycles. The van der Waals surface area contributed by atoms with Crippen LogP contribution in [0.5, 0.6) is 5.75 Å². The van der Waals surface area contributed by atoms with Crippen LogP contribution in [0.1, 0.15) is 31.9 Å². The SMILES string of the molecule is CC1(C)CC(NC(=O)Nc2cccc3[nH]ncc23)c2ccccc2O1. The number of hydrogen-bond donors (Lipinski definition) is 3. The number of nitrogens with one attached hydrogen (secondary N) is 3. The standard InChI is InChI=1S/C19H20N4O2/c1-19(2)10-16(12-6-3-4-9-17(12)25-19)22-18(24)21-14-7-5-8-15-13(14)11-20-23-15/h3-9,11,16H,10H2,1-2H3,(H,20,23)(H2,21,22,24). The average molecular weight is 336 g/mol. The Labute approximate surface area is 145 Å². The van der Waals surface area contributed by atoms with Crippen LogP contribution in [0.4, 0.5) is 10.5 Å². The van der Waals surface area contributed by atoms with E-state index in [4.69, 9.17) is 4.74 Å². The number of carbonyl (C=O) groups excluding carboxylic acids is 1. The zero-order valence-corrected chi connectivity index (χ0v) is 14.2. The van der Waals surface area contributed by atoms with E-state index in [1.54, 1.807) is 6.20 Å². The number of ether oxygens (including phenoxy) is 1. The van der Waals surface area contributed by atoms with E-state index in [2.05, 4.69) is 20.8 Å². The lowest BCUT2D eigenvalue weighted by Gasteiger charge is -2.37. The number of amides is 2. The summed E-state index contributed by atoms with van der Waals surface area (Å²) in [7, 11) is 0. The second kappa shape index (κ2) is 5.81. The second-order valence-electron chi connectivity index (χ2n) is 6.89. The van der Waals surface area contributed by atoms with Gasteiger partial charge in [0.25, 0.3) is 0 Å². The van der Waals surface area contributed by atoms with E-state index in [1.807, 2.05) is 56.3 Å². The van der Waals surface area contributed by atoms with E-state index in [-0.39, 0.29) is 17.7 Å². The predicted octanol–water partition coefficient (Wildman–Crippen LogP) is 3.99. The molecule has 2 amide bonds. The van der Waals surface area contributed by atoms with E-state index in [1.165, 1.54) is 0 Å². The van der Waals surface area contributed by atoms with Crippen LogP contribution < -0.4 is 15.4 Å². The molecule has 25 heavy (non-hydrogen) atoms. The minimum atomic E-state index is -0.336. The van der Waals surface area contributed by atoms with Gasteiger partial charge in [-0.15, -0.1) is 0 Å². The highest BCUT2D eigenvalue weighted by Gasteiger charge is 2.34. The molecule has 0 bridgehead atoms. The van der Waals surface area contributed by atoms with Crippen molar-refractivity contribution in [1.82, 2.24) is 15.5 Å². The summed E-state index contributed by atoms with van der Waals surface area (Å²) in [5.74, 6) is 0.820. The summed E-state index contributed by atoms with van der Waals surface area (Å²) in [5.41, 5.74) is 2.27. The summed E-state index contributed by atoms with van der Waals surface area (Å²) in [6.07, 6.45) is 2.41. The van der Waals surface area contributed by atoms with Crippen molar-refractivity contribution >= 4 is 22.6 Å². The Morgan fingerprint density at radius 1 is 1.24 bits per heavy atom. The minimum absolute atomic E-state index is 0.108. The number of rotatable bonds is 2. The molecule has 0 saturated carbocycles. The molecule has 0 spiro atoms. The molecule has 0 fully saturated rings. The van der Waals surface area contributed by atoms with Gasteiger partial charge >= 0.3 is 6.03 Å². The maximum absolute atomic E-state index is 12.6. The molecular weight excluding hydrogens is 316 g/mol. The first-order chi connectivity index (χ1) is 12.0. The number of hydrogen-bond acceptors (Lipinski definition) is 3. The molecule has 0 aliphatic carbocycles. The topological polar surface area (TPSA) is 79.0 Å². The van der Waals surface area contributed by atoms with Gasteiger partial charge in [0.05, 0.1) is 23.4 Å². The van der Waals surface area contributed by atoms with Gasteiger partial charge in [-0.05, 0) is 32.0 Å². The Morgan fingerprint density at radius 2 is 2.08 bits per heavy atom. The minimum Gasteiger partial charge on any atom is -0.487 e. The number of fused-ring (bicyclic) bond motifs is 2. The largest absolute Gasteiger partial charge is 0.487 e. The molecular formula is C19H20N4O2. The third-order valence-corrected chi connectivity index (χ3v) is 4.41. The van der Waals surface area contributed by atoms with Crippen LogP contribution in [-0.2, 0) is 0 Å². The van der Waals surface area contributed by atoms with Crippen LogP contribution in [0.15, 0.2) is 48.7 Å². The quantitative estimate of drug-likeness (QED) is 0.662. The highest BCUT2D eigenvalue weighted by atomic mass is 16.5. The van der Waals surface area contributed by atoms with Crippen LogP contribution >= 0.6 is 0 Å². The summed E-state index contributed by atoms with van der Waals surface area (Å²) in [4.78, 5) is 12.6. The highest BCUT2D eigenvalue weighted by molar-refractivity contribution is 6.00. The highest BCUT2D eigenvalue weighted by Crippen LogP contribution is 2.39. The molecule has 1 aliphatic rings. The smallest absolute Gasteiger partial charge is 0.319 e. The first-order valence-electron chi connectivity index (χ1n) is 8.29. The van der Waals surface area contributed by atoms with Crippen molar-refractivity contribution in [2.24, 2.45) is 0 Å². The lowest BCUT2D eigenvalue weighted by molar-refractivity contribution is 0.0683. The summed E-state index contributed by atoms with van der Waals surface area (Å²) in [6.45, 7) is 4.06. The van der Waals surface area contributed by atoms with E-state index in [0.717, 1.165) is 27.9 Å². The summed E-state index contributed by atoms with van der Waals surface area (Å²) in [6, 6.07) is 13.1. The molecule has 0 radical (unpaired) electrons. The van der Waals surface area contributed by atoms with Crippen molar-refractivity contribution in [1.29, 1.82) is 0 Å². The van der Waals surface area contributed by atoms with Crippen molar-refractivity contribution < 1.29 is 9.53 Å². The molecule has 3 aromatic rings. The van der Waals surface area contributed by atoms with Gasteiger partial charge in [0, 0.05) is 17.4 Å². The van der Waals surface area contributed by atoms with Crippen LogP contribution in [0.3, 0.4) is 0 Å². The fourth-order valence-corrected chi connectivity index (χ4v) is 3.32. The van der Waals surface area contributed by atoms with Gasteiger partial charge in [0.2, 0.25) is 0 Å². The fourth-order valence-electron chi connectivity index (χ4n) is 3.32. The van der Waals surface area contributed by atoms with Gasteiger partial charge < -0.3 is 15.4 Å². The molecule has 2 aromatic carbocycles. The van der Waals surface area contributed by atoms with E-state index < -0.39 is 0 Å². The number of anilines is 1. The van der Waals surface area contributed by atoms with E-state index >= 15 is 0 Å². The zero-order chi connectivity index (χ0) is 17.4. The lowest BCUT2D eigenvalue weighted by Crippen LogP contribution is -2.42. The fraction of sp³-hybridized carbons (Fsp3) is 0.263. The maximum atomic E-state index is 12.6. The number of para-hydroxylation sites is 1. The monoisotopic (exact) mass is 336 g/mol. The molecule has 3 N–H and O–H groups in total. The number of benzene rings is 2. The zero-order valence-electron chi connectivity index (χ0n) is 14.2. The molecule has 6 heteroatoms. The molecule has 1 aliphatic heterocycles.